The first-order valence-corrected chi connectivity index (χ1v) is 8.89. The Morgan fingerprint density at radius 3 is 2.86 bits per heavy atom. The quantitative estimate of drug-likeness (QED) is 0.748. The van der Waals surface area contributed by atoms with Crippen molar-refractivity contribution in [2.45, 2.75) is 12.6 Å². The summed E-state index contributed by atoms with van der Waals surface area (Å²) < 4.78 is 21.6. The lowest BCUT2D eigenvalue weighted by atomic mass is 10.2. The van der Waals surface area contributed by atoms with Crippen molar-refractivity contribution in [3.63, 3.8) is 0 Å². The molecule has 11 nitrogen and oxygen atoms in total. The Kier molecular flexibility index (Phi) is 5.08. The number of nitrogens with zero attached hydrogens (tertiary/aromatic N) is 7. The van der Waals surface area contributed by atoms with Gasteiger partial charge in [0, 0.05) is 12.7 Å². The van der Waals surface area contributed by atoms with Crippen molar-refractivity contribution in [1.29, 1.82) is 0 Å². The highest BCUT2D eigenvalue weighted by Gasteiger charge is 2.33. The highest BCUT2D eigenvalue weighted by Crippen LogP contribution is 2.28. The van der Waals surface area contributed by atoms with Gasteiger partial charge in [-0.05, 0) is 18.2 Å². The minimum absolute atomic E-state index is 0.222. The monoisotopic (exact) mass is 403 g/mol. The highest BCUT2D eigenvalue weighted by atomic mass is 19.1. The lowest BCUT2D eigenvalue weighted by Gasteiger charge is -2.28. The van der Waals surface area contributed by atoms with Crippen LogP contribution >= 0.6 is 0 Å². The van der Waals surface area contributed by atoms with Crippen LogP contribution in [-0.2, 0) is 16.1 Å². The molecule has 4 rings (SSSR count). The van der Waals surface area contributed by atoms with Gasteiger partial charge in [0.05, 0.1) is 37.2 Å². The number of amides is 2. The van der Waals surface area contributed by atoms with Gasteiger partial charge < -0.3 is 14.7 Å². The minimum Gasteiger partial charge on any atom is -0.442 e. The van der Waals surface area contributed by atoms with E-state index in [1.807, 2.05) is 0 Å². The number of carbonyl (C=O) groups excluding carboxylic acids is 2. The third kappa shape index (κ3) is 3.87. The summed E-state index contributed by atoms with van der Waals surface area (Å²) in [5.74, 6) is -1.06. The molecule has 1 saturated heterocycles. The van der Waals surface area contributed by atoms with Crippen LogP contribution in [0.3, 0.4) is 0 Å². The van der Waals surface area contributed by atoms with E-state index in [2.05, 4.69) is 15.4 Å². The Morgan fingerprint density at radius 1 is 1.34 bits per heavy atom. The van der Waals surface area contributed by atoms with Crippen LogP contribution in [-0.4, -0.2) is 75.8 Å². The van der Waals surface area contributed by atoms with Crippen LogP contribution in [0.5, 0.6) is 0 Å². The number of aliphatic hydroxyl groups excluding tert-OH is 1. The van der Waals surface area contributed by atoms with Gasteiger partial charge in [-0.3, -0.25) is 9.69 Å². The van der Waals surface area contributed by atoms with Crippen molar-refractivity contribution in [3.05, 3.63) is 36.4 Å². The lowest BCUT2D eigenvalue weighted by molar-refractivity contribution is -0.134. The standard InChI is InChI=1S/C17H18FN7O4/c18-14-7-12(24-9-13(29-17(24)28)8-23-4-3-19-21-23)1-2-15(14)22-5-6-25(20-11-22)16(27)10-26/h1-4,7,11,13,26H,5-6,8-10H2. The van der Waals surface area contributed by atoms with Crippen LogP contribution < -0.4 is 9.80 Å². The molecule has 2 aromatic rings. The molecule has 0 saturated carbocycles. The van der Waals surface area contributed by atoms with Crippen molar-refractivity contribution in [1.82, 2.24) is 20.0 Å². The van der Waals surface area contributed by atoms with Gasteiger partial charge in [0.25, 0.3) is 5.91 Å². The predicted octanol–water partition coefficient (Wildman–Crippen LogP) is 0.0268. The van der Waals surface area contributed by atoms with E-state index in [-0.39, 0.29) is 18.8 Å². The molecule has 1 unspecified atom stereocenters. The van der Waals surface area contributed by atoms with Crippen LogP contribution in [0.15, 0.2) is 35.7 Å². The van der Waals surface area contributed by atoms with Crippen molar-refractivity contribution in [2.75, 3.05) is 36.0 Å². The second kappa shape index (κ2) is 7.83. The second-order valence-electron chi connectivity index (χ2n) is 6.48. The van der Waals surface area contributed by atoms with E-state index in [4.69, 9.17) is 9.84 Å². The number of aliphatic hydroxyl groups is 1. The first kappa shape index (κ1) is 18.8. The molecule has 2 amide bonds. The first-order valence-electron chi connectivity index (χ1n) is 8.89. The summed E-state index contributed by atoms with van der Waals surface area (Å²) in [4.78, 5) is 26.5. The summed E-state index contributed by atoms with van der Waals surface area (Å²) in [7, 11) is 0. The van der Waals surface area contributed by atoms with E-state index in [0.29, 0.717) is 18.8 Å². The number of benzene rings is 1. The van der Waals surface area contributed by atoms with Crippen LogP contribution in [0.4, 0.5) is 20.6 Å². The molecule has 2 aliphatic rings. The fourth-order valence-electron chi connectivity index (χ4n) is 3.16. The summed E-state index contributed by atoms with van der Waals surface area (Å²) in [6.07, 6.45) is 3.55. The van der Waals surface area contributed by atoms with Crippen molar-refractivity contribution in [3.8, 4) is 0 Å². The van der Waals surface area contributed by atoms with E-state index in [9.17, 15) is 14.0 Å². The van der Waals surface area contributed by atoms with Crippen molar-refractivity contribution >= 4 is 29.7 Å². The maximum Gasteiger partial charge on any atom is 0.414 e. The van der Waals surface area contributed by atoms with Gasteiger partial charge in [-0.15, -0.1) is 5.10 Å². The van der Waals surface area contributed by atoms with E-state index in [1.54, 1.807) is 21.8 Å². The second-order valence-corrected chi connectivity index (χ2v) is 6.48. The number of anilines is 2. The molecule has 0 bridgehead atoms. The average molecular weight is 403 g/mol. The smallest absolute Gasteiger partial charge is 0.414 e. The number of hydrogen-bond acceptors (Lipinski definition) is 8. The molecule has 1 aromatic carbocycles. The number of hydrogen-bond donors (Lipinski definition) is 1. The fourth-order valence-corrected chi connectivity index (χ4v) is 3.16. The number of hydrazone groups is 1. The molecule has 12 heteroatoms. The predicted molar refractivity (Wildman–Crippen MR) is 98.7 cm³/mol. The number of rotatable bonds is 5. The van der Waals surface area contributed by atoms with Gasteiger partial charge in [-0.1, -0.05) is 5.21 Å². The molecule has 0 radical (unpaired) electrons. The SMILES string of the molecule is O=C(CO)N1CCN(c2ccc(N3CC(Cn4ccnn4)OC3=O)cc2F)C=N1. The number of ether oxygens (including phenoxy) is 1. The number of carbonyl (C=O) groups is 2. The van der Waals surface area contributed by atoms with Crippen LogP contribution in [0.2, 0.25) is 0 Å². The van der Waals surface area contributed by atoms with E-state index < -0.39 is 30.5 Å². The minimum atomic E-state index is -0.635. The Morgan fingerprint density at radius 2 is 2.21 bits per heavy atom. The van der Waals surface area contributed by atoms with Gasteiger partial charge in [-0.25, -0.2) is 18.9 Å². The number of halogens is 1. The Balaban J connectivity index is 1.45. The fraction of sp³-hybridized carbons (Fsp3) is 0.353. The highest BCUT2D eigenvalue weighted by molar-refractivity contribution is 5.90. The number of aromatic nitrogens is 3. The van der Waals surface area contributed by atoms with Gasteiger partial charge in [0.1, 0.15) is 24.9 Å². The van der Waals surface area contributed by atoms with Crippen molar-refractivity contribution in [2.24, 2.45) is 5.10 Å². The summed E-state index contributed by atoms with van der Waals surface area (Å²) in [5, 5.41) is 21.5. The largest absolute Gasteiger partial charge is 0.442 e. The average Bonchev–Trinajstić information content (AvgIpc) is 3.37. The van der Waals surface area contributed by atoms with Gasteiger partial charge in [-0.2, -0.15) is 5.10 Å². The van der Waals surface area contributed by atoms with Gasteiger partial charge in [0.15, 0.2) is 0 Å². The molecule has 1 aromatic heterocycles. The van der Waals surface area contributed by atoms with Crippen LogP contribution in [0.1, 0.15) is 0 Å². The molecule has 3 heterocycles. The molecule has 1 N–H and O–H groups in total. The van der Waals surface area contributed by atoms with E-state index >= 15 is 0 Å². The molecule has 1 atom stereocenters. The molecule has 0 aliphatic carbocycles. The normalized spacial score (nSPS) is 19.0. The van der Waals surface area contributed by atoms with Crippen LogP contribution in [0.25, 0.3) is 0 Å². The summed E-state index contributed by atoms with van der Waals surface area (Å²) in [5.41, 5.74) is 0.642. The third-order valence-corrected chi connectivity index (χ3v) is 4.60. The molecular weight excluding hydrogens is 385 g/mol. The van der Waals surface area contributed by atoms with Gasteiger partial charge in [0.2, 0.25) is 0 Å². The topological polar surface area (TPSA) is 116 Å². The van der Waals surface area contributed by atoms with E-state index in [1.165, 1.54) is 29.6 Å². The lowest BCUT2D eigenvalue weighted by Crippen LogP contribution is -2.42. The van der Waals surface area contributed by atoms with Gasteiger partial charge >= 0.3 is 6.09 Å². The maximum absolute atomic E-state index is 14.7. The zero-order chi connectivity index (χ0) is 20.4. The Hall–Kier alpha value is -3.54. The summed E-state index contributed by atoms with van der Waals surface area (Å²) >= 11 is 0. The molecule has 152 valence electrons. The Bertz CT molecular complexity index is 936. The molecular formula is C17H18FN7O4. The first-order chi connectivity index (χ1) is 14.0. The summed E-state index contributed by atoms with van der Waals surface area (Å²) in [6, 6.07) is 4.42. The molecule has 29 heavy (non-hydrogen) atoms. The molecule has 0 spiro atoms. The molecule has 2 aliphatic heterocycles. The zero-order valence-electron chi connectivity index (χ0n) is 15.3. The summed E-state index contributed by atoms with van der Waals surface area (Å²) in [6.45, 7) is 0.526. The Labute approximate surface area is 164 Å². The maximum atomic E-state index is 14.7. The zero-order valence-corrected chi connectivity index (χ0v) is 15.3. The molecule has 1 fully saturated rings. The van der Waals surface area contributed by atoms with E-state index in [0.717, 1.165) is 5.01 Å². The van der Waals surface area contributed by atoms with Crippen LogP contribution in [0, 0.1) is 5.82 Å². The number of cyclic esters (lactones) is 1. The van der Waals surface area contributed by atoms with Crippen molar-refractivity contribution < 1.29 is 23.8 Å². The third-order valence-electron chi connectivity index (χ3n) is 4.60.